The molecule has 0 aromatic heterocycles. The molecular weight excluding hydrogens is 144 g/mol. The Morgan fingerprint density at radius 2 is 2.20 bits per heavy atom. The van der Waals surface area contributed by atoms with E-state index < -0.39 is 0 Å². The second-order valence-corrected chi connectivity index (χ2v) is 3.06. The summed E-state index contributed by atoms with van der Waals surface area (Å²) in [4.78, 5) is 9.79. The Morgan fingerprint density at radius 1 is 1.40 bits per heavy atom. The Morgan fingerprint density at radius 3 is 2.80 bits per heavy atom. The lowest BCUT2D eigenvalue weighted by Crippen LogP contribution is -1.75. The van der Waals surface area contributed by atoms with Gasteiger partial charge in [-0.25, -0.2) is 0 Å². The molecule has 10 heavy (non-hydrogen) atoms. The Kier molecular flexibility index (Phi) is 8.55. The fraction of sp³-hybridized carbons (Fsp3) is 0.625. The maximum Gasteiger partial charge on any atom is 0.143 e. The molecule has 0 fully saturated rings. The quantitative estimate of drug-likeness (QED) is 0.336. The van der Waals surface area contributed by atoms with Gasteiger partial charge < -0.3 is 0 Å². The van der Waals surface area contributed by atoms with Crippen LogP contribution in [-0.2, 0) is 4.79 Å². The summed E-state index contributed by atoms with van der Waals surface area (Å²) in [5, 5.41) is 1.85. The van der Waals surface area contributed by atoms with Crippen molar-refractivity contribution in [1.29, 1.82) is 0 Å². The van der Waals surface area contributed by atoms with Gasteiger partial charge in [-0.3, -0.25) is 4.79 Å². The molecule has 2 heteroatoms. The largest absolute Gasteiger partial charge is 0.299 e. The molecule has 1 nitrogen and oxygen atoms in total. The zero-order chi connectivity index (χ0) is 7.66. The first-order valence-corrected chi connectivity index (χ1v) is 4.68. The minimum atomic E-state index is 0.812. The molecule has 0 amide bonds. The molecular formula is C8H14OS. The van der Waals surface area contributed by atoms with Crippen LogP contribution >= 0.6 is 11.8 Å². The number of hydrogen-bond acceptors (Lipinski definition) is 2. The molecule has 0 N–H and O–H groups in total. The van der Waals surface area contributed by atoms with Crippen molar-refractivity contribution in [2.75, 3.05) is 5.75 Å². The minimum Gasteiger partial charge on any atom is -0.299 e. The molecule has 0 saturated carbocycles. The van der Waals surface area contributed by atoms with E-state index in [1.807, 2.05) is 5.41 Å². The number of aldehydes is 1. The highest BCUT2D eigenvalue weighted by molar-refractivity contribution is 8.02. The van der Waals surface area contributed by atoms with E-state index in [9.17, 15) is 4.79 Å². The van der Waals surface area contributed by atoms with Crippen molar-refractivity contribution in [2.24, 2.45) is 0 Å². The zero-order valence-electron chi connectivity index (χ0n) is 6.38. The first kappa shape index (κ1) is 9.76. The van der Waals surface area contributed by atoms with E-state index in [-0.39, 0.29) is 0 Å². The fourth-order valence-electron chi connectivity index (χ4n) is 0.591. The van der Waals surface area contributed by atoms with Crippen LogP contribution in [0.4, 0.5) is 0 Å². The van der Waals surface area contributed by atoms with E-state index in [2.05, 4.69) is 6.92 Å². The molecule has 0 bridgehead atoms. The molecule has 0 saturated heterocycles. The van der Waals surface area contributed by atoms with Crippen molar-refractivity contribution in [1.82, 2.24) is 0 Å². The number of rotatable bonds is 6. The van der Waals surface area contributed by atoms with Crippen molar-refractivity contribution >= 4 is 18.0 Å². The number of hydrogen-bond donors (Lipinski definition) is 0. The summed E-state index contributed by atoms with van der Waals surface area (Å²) in [7, 11) is 0. The number of carbonyl (C=O) groups excluding carboxylic acids is 1. The highest BCUT2D eigenvalue weighted by atomic mass is 32.2. The van der Waals surface area contributed by atoms with Gasteiger partial charge in [0, 0.05) is 0 Å². The maximum atomic E-state index is 9.79. The molecule has 0 spiro atoms. The highest BCUT2D eigenvalue weighted by Crippen LogP contribution is 2.06. The maximum absolute atomic E-state index is 9.79. The lowest BCUT2D eigenvalue weighted by molar-refractivity contribution is -0.104. The van der Waals surface area contributed by atoms with Crippen molar-refractivity contribution in [3.05, 3.63) is 11.5 Å². The fourth-order valence-corrected chi connectivity index (χ4v) is 1.27. The molecule has 0 rings (SSSR count). The average Bonchev–Trinajstić information content (AvgIpc) is 1.97. The van der Waals surface area contributed by atoms with Crippen LogP contribution in [0.25, 0.3) is 0 Å². The predicted molar refractivity (Wildman–Crippen MR) is 47.2 cm³/mol. The summed E-state index contributed by atoms with van der Waals surface area (Å²) >= 11 is 1.71. The van der Waals surface area contributed by atoms with Gasteiger partial charge >= 0.3 is 0 Å². The van der Waals surface area contributed by atoms with E-state index in [1.54, 1.807) is 11.8 Å². The predicted octanol–water partition coefficient (Wildman–Crippen LogP) is 2.62. The van der Waals surface area contributed by atoms with Crippen molar-refractivity contribution in [3.8, 4) is 0 Å². The van der Waals surface area contributed by atoms with Crippen LogP contribution in [0.3, 0.4) is 0 Å². The summed E-state index contributed by atoms with van der Waals surface area (Å²) < 4.78 is 0. The van der Waals surface area contributed by atoms with E-state index in [1.165, 1.54) is 25.3 Å². The first-order valence-electron chi connectivity index (χ1n) is 3.63. The van der Waals surface area contributed by atoms with Gasteiger partial charge in [-0.05, 0) is 23.7 Å². The van der Waals surface area contributed by atoms with Gasteiger partial charge in [-0.15, -0.1) is 11.8 Å². The normalized spacial score (nSPS) is 10.5. The topological polar surface area (TPSA) is 17.1 Å². The Bertz CT molecular complexity index is 99.4. The van der Waals surface area contributed by atoms with Crippen LogP contribution < -0.4 is 0 Å². The van der Waals surface area contributed by atoms with E-state index in [4.69, 9.17) is 0 Å². The molecule has 0 aromatic carbocycles. The molecule has 0 aromatic rings. The third kappa shape index (κ3) is 7.76. The van der Waals surface area contributed by atoms with Gasteiger partial charge in [0.1, 0.15) is 6.29 Å². The molecule has 0 radical (unpaired) electrons. The van der Waals surface area contributed by atoms with Crippen molar-refractivity contribution in [2.45, 2.75) is 26.2 Å². The molecule has 0 heterocycles. The van der Waals surface area contributed by atoms with Gasteiger partial charge in [0.15, 0.2) is 0 Å². The van der Waals surface area contributed by atoms with Gasteiger partial charge in [0.2, 0.25) is 0 Å². The second kappa shape index (κ2) is 8.76. The SMILES string of the molecule is CCCCCS/C=C/C=O. The lowest BCUT2D eigenvalue weighted by Gasteiger charge is -1.92. The summed E-state index contributed by atoms with van der Waals surface area (Å²) in [6, 6.07) is 0. The Labute approximate surface area is 66.9 Å². The molecule has 0 atom stereocenters. The molecule has 0 aliphatic heterocycles. The number of unbranched alkanes of at least 4 members (excludes halogenated alkanes) is 2. The smallest absolute Gasteiger partial charge is 0.143 e. The summed E-state index contributed by atoms with van der Waals surface area (Å²) in [5.41, 5.74) is 0. The number of carbonyl (C=O) groups is 1. The van der Waals surface area contributed by atoms with Crippen LogP contribution in [0.15, 0.2) is 11.5 Å². The second-order valence-electron chi connectivity index (χ2n) is 2.04. The van der Waals surface area contributed by atoms with Crippen molar-refractivity contribution in [3.63, 3.8) is 0 Å². The third-order valence-electron chi connectivity index (χ3n) is 1.12. The van der Waals surface area contributed by atoms with E-state index in [0.717, 1.165) is 12.0 Å². The molecule has 0 aliphatic rings. The lowest BCUT2D eigenvalue weighted by atomic mass is 10.3. The zero-order valence-corrected chi connectivity index (χ0v) is 7.19. The Hall–Kier alpha value is -0.240. The minimum absolute atomic E-state index is 0.812. The van der Waals surface area contributed by atoms with Gasteiger partial charge in [-0.1, -0.05) is 19.8 Å². The van der Waals surface area contributed by atoms with Crippen LogP contribution in [-0.4, -0.2) is 12.0 Å². The highest BCUT2D eigenvalue weighted by Gasteiger charge is 1.83. The van der Waals surface area contributed by atoms with Gasteiger partial charge in [-0.2, -0.15) is 0 Å². The van der Waals surface area contributed by atoms with Gasteiger partial charge in [0.25, 0.3) is 0 Å². The standard InChI is InChI=1S/C8H14OS/c1-2-3-4-7-10-8-5-6-9/h5-6,8H,2-4,7H2,1H3/b8-5+. The first-order chi connectivity index (χ1) is 4.91. The molecule has 0 unspecified atom stereocenters. The van der Waals surface area contributed by atoms with Crippen LogP contribution in [0.2, 0.25) is 0 Å². The summed E-state index contributed by atoms with van der Waals surface area (Å²) in [6.45, 7) is 2.19. The summed E-state index contributed by atoms with van der Waals surface area (Å²) in [5.74, 6) is 1.14. The van der Waals surface area contributed by atoms with Crippen LogP contribution in [0, 0.1) is 0 Å². The summed E-state index contributed by atoms with van der Waals surface area (Å²) in [6.07, 6.45) is 6.16. The van der Waals surface area contributed by atoms with Gasteiger partial charge in [0.05, 0.1) is 0 Å². The molecule has 58 valence electrons. The van der Waals surface area contributed by atoms with E-state index in [0.29, 0.717) is 0 Å². The van der Waals surface area contributed by atoms with Crippen LogP contribution in [0.1, 0.15) is 26.2 Å². The number of thioether (sulfide) groups is 1. The van der Waals surface area contributed by atoms with Crippen molar-refractivity contribution < 1.29 is 4.79 Å². The third-order valence-corrected chi connectivity index (χ3v) is 1.99. The van der Waals surface area contributed by atoms with Crippen LogP contribution in [0.5, 0.6) is 0 Å². The monoisotopic (exact) mass is 158 g/mol. The molecule has 0 aliphatic carbocycles. The number of allylic oxidation sites excluding steroid dienone is 1. The van der Waals surface area contributed by atoms with E-state index >= 15 is 0 Å². The Balaban J connectivity index is 2.90. The average molecular weight is 158 g/mol.